The number of amides is 17. The Morgan fingerprint density at radius 3 is 1.36 bits per heavy atom. The highest BCUT2D eigenvalue weighted by Gasteiger charge is 2.42. The van der Waals surface area contributed by atoms with Crippen molar-refractivity contribution in [2.45, 2.75) is 219 Å². The van der Waals surface area contributed by atoms with E-state index in [1.807, 2.05) is 30.3 Å². The molecule has 138 heavy (non-hydrogen) atoms. The second-order valence-corrected chi connectivity index (χ2v) is 36.8. The molecule has 1 aliphatic heterocycles. The summed E-state index contributed by atoms with van der Waals surface area (Å²) in [5, 5.41) is 66.9. The van der Waals surface area contributed by atoms with Crippen LogP contribution in [0.3, 0.4) is 0 Å². The number of ether oxygens (including phenoxy) is 1. The Labute approximate surface area is 802 Å². The van der Waals surface area contributed by atoms with Crippen LogP contribution in [-0.4, -0.2) is 265 Å². The van der Waals surface area contributed by atoms with Crippen LogP contribution >= 0.6 is 11.8 Å². The molecule has 14 atom stereocenters. The van der Waals surface area contributed by atoms with Gasteiger partial charge in [-0.15, -0.1) is 11.8 Å². The number of benzene rings is 4. The van der Waals surface area contributed by atoms with E-state index in [1.54, 1.807) is 110 Å². The van der Waals surface area contributed by atoms with E-state index in [-0.39, 0.29) is 49.3 Å². The largest absolute Gasteiger partial charge is 0.482 e. The van der Waals surface area contributed by atoms with Gasteiger partial charge < -0.3 is 116 Å². The number of primary amides is 2. The number of para-hydroxylation sites is 1. The lowest BCUT2D eigenvalue weighted by atomic mass is 9.97. The van der Waals surface area contributed by atoms with E-state index in [4.69, 9.17) is 16.2 Å². The Balaban J connectivity index is 1.34. The summed E-state index contributed by atoms with van der Waals surface area (Å²) in [6, 6.07) is 8.35. The van der Waals surface area contributed by atoms with Gasteiger partial charge in [0.1, 0.15) is 90.3 Å². The number of aliphatic hydroxyl groups is 1. The number of aliphatic carboxylic acids is 2. The van der Waals surface area contributed by atoms with Crippen molar-refractivity contribution in [3.8, 4) is 16.9 Å². The molecule has 0 radical (unpaired) electrons. The van der Waals surface area contributed by atoms with Crippen LogP contribution in [0.2, 0.25) is 0 Å². The molecule has 3 heterocycles. The second kappa shape index (κ2) is 53.8. The number of carbonyl (C=O) groups is 19. The molecule has 0 aliphatic carbocycles. The number of H-pyrrole nitrogens is 1. The minimum Gasteiger partial charge on any atom is -0.482 e. The number of hydrogen-bond acceptors (Lipinski definition) is 23. The first kappa shape index (κ1) is 111. The number of likely N-dealkylation sites (N-methyl/N-ethyl adjacent to an activating group) is 1. The van der Waals surface area contributed by atoms with E-state index in [9.17, 15) is 72.9 Å². The van der Waals surface area contributed by atoms with Crippen molar-refractivity contribution < 1.29 is 111 Å². The van der Waals surface area contributed by atoms with Crippen molar-refractivity contribution in [1.29, 1.82) is 0 Å². The van der Waals surface area contributed by atoms with Gasteiger partial charge in [0.05, 0.1) is 31.7 Å². The Bertz CT molecular complexity index is 5280. The number of fused-ring (bicyclic) bond motifs is 1. The van der Waals surface area contributed by atoms with E-state index in [2.05, 4.69) is 84.4 Å². The Hall–Kier alpha value is -14.4. The van der Waals surface area contributed by atoms with E-state index in [1.165, 1.54) is 76.6 Å². The highest BCUT2D eigenvalue weighted by molar-refractivity contribution is 8.00. The molecule has 0 unspecified atom stereocenters. The van der Waals surface area contributed by atoms with Crippen molar-refractivity contribution in [2.75, 3.05) is 38.3 Å². The van der Waals surface area contributed by atoms with Crippen LogP contribution in [0.15, 0.2) is 134 Å². The molecule has 1 aliphatic rings. The normalized spacial score (nSPS) is 22.9. The van der Waals surface area contributed by atoms with Crippen LogP contribution in [-0.2, 0) is 117 Å². The lowest BCUT2D eigenvalue weighted by molar-refractivity contribution is -0.143. The number of pyridine rings is 1. The molecule has 1 saturated heterocycles. The van der Waals surface area contributed by atoms with Crippen LogP contribution in [0, 0.1) is 29.6 Å². The van der Waals surface area contributed by atoms with Crippen molar-refractivity contribution in [1.82, 2.24) is 89.3 Å². The van der Waals surface area contributed by atoms with Crippen molar-refractivity contribution in [2.24, 2.45) is 41.1 Å². The number of aromatic nitrogens is 2. The highest BCUT2D eigenvalue weighted by atomic mass is 32.2. The SMILES string of the molecule is CC(C)C[C@@H]1NC(=O)[C@H](Cc2c[nH]c3ccccc23)NC(=O)[C@H](CC(=O)O)NC(=O)[C@H](Cc2ccncc2)NC(=O)[C@H](Cc2ccc(OCC(=O)O)cc2)NC(=O)CSC[C@@H](C(=O)NCC(N)=O)NC(=O)[C@H](CO)NC(=O)[C@H](C(C)C)NC(=O)[C@H](CC(C)C)NC(=O)[C@H](CC(N)=O)NC(=O)[C@@H](CC(C)C)NC(=O)[C@H](C)N(C)C(=O)[C@H](C(C)C)NC(=O)[C@H](Cc2ccc(-c3ccccc3)cc2)NC1=O. The average molecular weight is 1940 g/mol. The number of carboxylic acids is 2. The third kappa shape index (κ3) is 35.4. The van der Waals surface area contributed by atoms with Gasteiger partial charge in [-0.25, -0.2) is 4.79 Å². The second-order valence-electron chi connectivity index (χ2n) is 35.8. The number of aromatic amines is 1. The molecule has 7 rings (SSSR count). The summed E-state index contributed by atoms with van der Waals surface area (Å²) in [4.78, 5) is 280. The van der Waals surface area contributed by atoms with Gasteiger partial charge in [-0.3, -0.25) is 91.3 Å². The minimum atomic E-state index is -2.09. The zero-order valence-corrected chi connectivity index (χ0v) is 79.9. The molecule has 43 heteroatoms. The summed E-state index contributed by atoms with van der Waals surface area (Å²) < 4.78 is 5.31. The number of rotatable bonds is 28. The molecule has 0 spiro atoms. The zero-order chi connectivity index (χ0) is 102. The number of hydrogen-bond donors (Lipinski definition) is 20. The minimum absolute atomic E-state index is 0.0762. The Morgan fingerprint density at radius 1 is 0.449 bits per heavy atom. The first-order valence-electron chi connectivity index (χ1n) is 45.2. The summed E-state index contributed by atoms with van der Waals surface area (Å²) in [6.45, 7) is 15.1. The molecule has 6 aromatic rings. The summed E-state index contributed by atoms with van der Waals surface area (Å²) in [6.07, 6.45) is 0.400. The van der Waals surface area contributed by atoms with Gasteiger partial charge in [0.25, 0.3) is 0 Å². The number of carbonyl (C=O) groups excluding carboxylic acids is 17. The molecule has 2 aromatic heterocycles. The third-order valence-electron chi connectivity index (χ3n) is 22.3. The lowest BCUT2D eigenvalue weighted by Gasteiger charge is -2.33. The van der Waals surface area contributed by atoms with E-state index < -0.39 is 278 Å². The van der Waals surface area contributed by atoms with Crippen LogP contribution in [0.1, 0.15) is 131 Å². The molecule has 22 N–H and O–H groups in total. The number of nitrogens with two attached hydrogens (primary N) is 2. The van der Waals surface area contributed by atoms with Crippen molar-refractivity contribution in [3.63, 3.8) is 0 Å². The van der Waals surface area contributed by atoms with Crippen LogP contribution in [0.25, 0.3) is 22.0 Å². The van der Waals surface area contributed by atoms with Gasteiger partial charge in [-0.05, 0) is 119 Å². The third-order valence-corrected chi connectivity index (χ3v) is 23.4. The molecule has 1 fully saturated rings. The smallest absolute Gasteiger partial charge is 0.341 e. The fourth-order valence-corrected chi connectivity index (χ4v) is 15.7. The average Bonchev–Trinajstić information content (AvgIpc) is 1.65. The summed E-state index contributed by atoms with van der Waals surface area (Å²) in [5.74, 6) is -24.7. The maximum atomic E-state index is 15.5. The molecular weight excluding hydrogens is 1810 g/mol. The highest BCUT2D eigenvalue weighted by Crippen LogP contribution is 2.25. The number of nitrogens with zero attached hydrogens (tertiary/aromatic N) is 2. The molecule has 746 valence electrons. The van der Waals surface area contributed by atoms with Gasteiger partial charge in [0.2, 0.25) is 100 Å². The van der Waals surface area contributed by atoms with Gasteiger partial charge in [0, 0.05) is 68.0 Å². The summed E-state index contributed by atoms with van der Waals surface area (Å²) in [7, 11) is 1.27. The van der Waals surface area contributed by atoms with E-state index in [0.29, 0.717) is 39.4 Å². The maximum absolute atomic E-state index is 15.5. The van der Waals surface area contributed by atoms with Crippen LogP contribution < -0.4 is 90.6 Å². The van der Waals surface area contributed by atoms with Crippen molar-refractivity contribution >= 4 is 135 Å². The molecule has 17 amide bonds. The zero-order valence-electron chi connectivity index (χ0n) is 79.0. The lowest BCUT2D eigenvalue weighted by Crippen LogP contribution is -2.62. The number of nitrogens with one attached hydrogen (secondary N) is 15. The quantitative estimate of drug-likeness (QED) is 0.0287. The first-order valence-corrected chi connectivity index (χ1v) is 46.4. The number of aliphatic hydroxyl groups excluding tert-OH is 1. The van der Waals surface area contributed by atoms with Crippen LogP contribution in [0.4, 0.5) is 0 Å². The molecule has 4 aromatic carbocycles. The summed E-state index contributed by atoms with van der Waals surface area (Å²) >= 11 is 0.661. The fraction of sp³-hybridized carbons (Fsp3) is 0.474. The standard InChI is InChI=1S/C95H127N19O23S/c1-49(2)34-64-84(125)108-71(41-75(96)116)89(130)104-66(36-51(5)6)91(132)112-80(52(7)8)94(135)110-73(45-115)93(134)111-74(83(124)100-44-76(97)117)47-138-48-77(118)101-67(37-56-24-28-61(29-25-56)137-46-79(121)122)86(127)105-68(39-57-30-32-98-33-31-57)87(128)109-72(42-78(119)120)90(131)107-70(40-60-43-99-63-21-17-16-20-62(60)63)88(129)103-65(35-50(3)4)85(126)106-69(38-55-22-26-59(27-23-55)58-18-14-13-15-19-58)92(133)113-81(53(9)10)95(136)114(12)54(11)82(123)102-64/h13-33,43,49-54,64-74,80-81,99,115H,34-42,44-48H2,1-12H3,(H2,96,116)(H2,97,117)(H,100,124)(H,101,118)(H,102,123)(H,103,129)(H,104,130)(H,105,127)(H,106,126)(H,107,131)(H,108,125)(H,109,128)(H,110,135)(H,111,134)(H,112,132)(H,113,133)(H,119,120)(H,121,122)/t54-,64+,65-,66-,67-,68-,69-,70-,71-,72-,73-,74-,80-,81-/m0/s1. The topological polar surface area (TPSA) is 647 Å². The molecular formula is C95H127N19O23S. The van der Waals surface area contributed by atoms with Gasteiger partial charge in [-0.1, -0.05) is 154 Å². The number of carboxylic acid groups (broad SMARTS) is 2. The van der Waals surface area contributed by atoms with Gasteiger partial charge in [0.15, 0.2) is 6.61 Å². The number of thioether (sulfide) groups is 1. The van der Waals surface area contributed by atoms with E-state index >= 15 is 33.6 Å². The summed E-state index contributed by atoms with van der Waals surface area (Å²) in [5.41, 5.74) is 14.8. The van der Waals surface area contributed by atoms with E-state index in [0.717, 1.165) is 16.0 Å². The van der Waals surface area contributed by atoms with Crippen LogP contribution in [0.5, 0.6) is 5.75 Å². The fourth-order valence-electron chi connectivity index (χ4n) is 14.9. The predicted octanol–water partition coefficient (Wildman–Crippen LogP) is -0.746. The first-order chi connectivity index (χ1) is 65.3. The maximum Gasteiger partial charge on any atom is 0.341 e. The van der Waals surface area contributed by atoms with Gasteiger partial charge >= 0.3 is 11.9 Å². The monoisotopic (exact) mass is 1930 g/mol. The predicted molar refractivity (Wildman–Crippen MR) is 507 cm³/mol. The van der Waals surface area contributed by atoms with Crippen molar-refractivity contribution in [3.05, 3.63) is 156 Å². The van der Waals surface area contributed by atoms with Gasteiger partial charge in [-0.2, -0.15) is 0 Å². The molecule has 0 bridgehead atoms. The Kier molecular flexibility index (Phi) is 43.1. The molecule has 0 saturated carbocycles. The molecule has 42 nitrogen and oxygen atoms in total. The Morgan fingerprint density at radius 2 is 0.862 bits per heavy atom.